The zero-order valence-electron chi connectivity index (χ0n) is 22.0. The summed E-state index contributed by atoms with van der Waals surface area (Å²) in [5.74, 6) is 2.25. The van der Waals surface area contributed by atoms with Gasteiger partial charge < -0.3 is 14.4 Å². The number of fused-ring (bicyclic) bond motifs is 1. The average molecular weight is 477 g/mol. The van der Waals surface area contributed by atoms with E-state index in [1.807, 2.05) is 18.9 Å². The maximum absolute atomic E-state index is 12.3. The first-order valence-corrected chi connectivity index (χ1v) is 13.0. The number of carbonyl (C=O) groups excluding carboxylic acids is 1. The summed E-state index contributed by atoms with van der Waals surface area (Å²) in [4.78, 5) is 16.6. The number of aryl methyl sites for hydroxylation is 2. The van der Waals surface area contributed by atoms with Gasteiger partial charge in [0, 0.05) is 38.8 Å². The van der Waals surface area contributed by atoms with Crippen LogP contribution in [0.4, 0.5) is 0 Å². The molecule has 0 aromatic heterocycles. The normalized spacial score (nSPS) is 16.0. The van der Waals surface area contributed by atoms with Crippen LogP contribution in [0.15, 0.2) is 42.0 Å². The zero-order valence-corrected chi connectivity index (χ0v) is 22.0. The third-order valence-corrected chi connectivity index (χ3v) is 7.56. The number of carbonyl (C=O) groups is 1. The van der Waals surface area contributed by atoms with Crippen molar-refractivity contribution < 1.29 is 14.3 Å². The number of methoxy groups -OCH3 is 1. The minimum absolute atomic E-state index is 0.165. The van der Waals surface area contributed by atoms with Crippen LogP contribution in [-0.2, 0) is 24.2 Å². The van der Waals surface area contributed by atoms with Gasteiger partial charge in [-0.2, -0.15) is 0 Å². The Morgan fingerprint density at radius 2 is 1.91 bits per heavy atom. The van der Waals surface area contributed by atoms with E-state index in [9.17, 15) is 4.79 Å². The maximum atomic E-state index is 12.3. The lowest BCUT2D eigenvalue weighted by molar-refractivity contribution is -0.139. The first-order chi connectivity index (χ1) is 16.9. The van der Waals surface area contributed by atoms with Crippen LogP contribution >= 0.6 is 0 Å². The number of hydrogen-bond acceptors (Lipinski definition) is 4. The summed E-state index contributed by atoms with van der Waals surface area (Å²) in [7, 11) is 3.62. The highest BCUT2D eigenvalue weighted by atomic mass is 16.5. The summed E-state index contributed by atoms with van der Waals surface area (Å²) in [6, 6.07) is 12.9. The van der Waals surface area contributed by atoms with E-state index in [1.54, 1.807) is 7.11 Å². The molecule has 188 valence electrons. The average Bonchev–Trinajstić information content (AvgIpc) is 2.85. The lowest BCUT2D eigenvalue weighted by atomic mass is 9.85. The second-order valence-electron chi connectivity index (χ2n) is 9.98. The van der Waals surface area contributed by atoms with Crippen LogP contribution in [-0.4, -0.2) is 56.0 Å². The fourth-order valence-electron chi connectivity index (χ4n) is 5.20. The van der Waals surface area contributed by atoms with Crippen LogP contribution < -0.4 is 9.47 Å². The van der Waals surface area contributed by atoms with Gasteiger partial charge in [-0.3, -0.25) is 9.69 Å². The van der Waals surface area contributed by atoms with Crippen LogP contribution in [0.2, 0.25) is 0 Å². The van der Waals surface area contributed by atoms with Crippen LogP contribution in [0, 0.1) is 5.92 Å². The third-order valence-electron chi connectivity index (χ3n) is 7.56. The zero-order chi connectivity index (χ0) is 24.9. The van der Waals surface area contributed by atoms with Crippen LogP contribution in [0.1, 0.15) is 55.9 Å². The molecule has 5 heteroatoms. The van der Waals surface area contributed by atoms with Gasteiger partial charge in [0.15, 0.2) is 0 Å². The number of benzene rings is 2. The Morgan fingerprint density at radius 3 is 2.63 bits per heavy atom. The molecule has 0 radical (unpaired) electrons. The summed E-state index contributed by atoms with van der Waals surface area (Å²) < 4.78 is 11.8. The molecule has 0 unspecified atom stereocenters. The summed E-state index contributed by atoms with van der Waals surface area (Å²) in [6.07, 6.45) is 4.28. The van der Waals surface area contributed by atoms with E-state index in [-0.39, 0.29) is 11.8 Å². The van der Waals surface area contributed by atoms with Gasteiger partial charge in [-0.25, -0.2) is 0 Å². The van der Waals surface area contributed by atoms with Gasteiger partial charge in [-0.1, -0.05) is 37.1 Å². The standard InChI is InChI=1S/C30H40N2O3/c1-6-8-22-9-10-25(29(15-22)34-5)20-35-27-13-14-28-21(3)24(12-11-23(28)16-27)17-32-18-26(19-32)30(33)31(4)7-2/h9-10,13-16,26H,6-8,11-12,17-20H2,1-5H3. The highest BCUT2D eigenvalue weighted by Crippen LogP contribution is 2.35. The molecule has 4 rings (SSSR count). The molecule has 0 N–H and O–H groups in total. The first kappa shape index (κ1) is 25.3. The minimum atomic E-state index is 0.165. The second kappa shape index (κ2) is 11.3. The molecule has 2 aliphatic rings. The van der Waals surface area contributed by atoms with Crippen molar-refractivity contribution in [2.45, 2.75) is 53.1 Å². The number of amides is 1. The smallest absolute Gasteiger partial charge is 0.228 e. The maximum Gasteiger partial charge on any atom is 0.228 e. The molecular formula is C30H40N2O3. The van der Waals surface area contributed by atoms with Crippen molar-refractivity contribution in [3.05, 3.63) is 64.2 Å². The van der Waals surface area contributed by atoms with Crippen LogP contribution in [0.25, 0.3) is 5.57 Å². The van der Waals surface area contributed by atoms with Gasteiger partial charge >= 0.3 is 0 Å². The fourth-order valence-corrected chi connectivity index (χ4v) is 5.20. The number of likely N-dealkylation sites (tertiary alicyclic amines) is 1. The van der Waals surface area contributed by atoms with Gasteiger partial charge in [0.1, 0.15) is 18.1 Å². The number of allylic oxidation sites excluding steroid dienone is 1. The summed E-state index contributed by atoms with van der Waals surface area (Å²) >= 11 is 0. The van der Waals surface area contributed by atoms with E-state index >= 15 is 0 Å². The molecule has 2 aromatic carbocycles. The summed E-state index contributed by atoms with van der Waals surface area (Å²) in [6.45, 7) is 10.5. The highest BCUT2D eigenvalue weighted by molar-refractivity contribution is 5.80. The first-order valence-electron chi connectivity index (χ1n) is 13.0. The van der Waals surface area contributed by atoms with Crippen molar-refractivity contribution in [2.75, 3.05) is 40.3 Å². The Balaban J connectivity index is 1.37. The molecule has 1 amide bonds. The second-order valence-corrected chi connectivity index (χ2v) is 9.98. The lowest BCUT2D eigenvalue weighted by Gasteiger charge is -2.41. The van der Waals surface area contributed by atoms with E-state index in [0.29, 0.717) is 6.61 Å². The number of ether oxygens (including phenoxy) is 2. The van der Waals surface area contributed by atoms with Crippen molar-refractivity contribution >= 4 is 11.5 Å². The number of rotatable bonds is 10. The monoisotopic (exact) mass is 476 g/mol. The van der Waals surface area contributed by atoms with Crippen molar-refractivity contribution in [2.24, 2.45) is 5.92 Å². The molecular weight excluding hydrogens is 436 g/mol. The Kier molecular flexibility index (Phi) is 8.17. The Morgan fingerprint density at radius 1 is 1.11 bits per heavy atom. The third kappa shape index (κ3) is 5.72. The highest BCUT2D eigenvalue weighted by Gasteiger charge is 2.34. The van der Waals surface area contributed by atoms with Gasteiger partial charge in [0.2, 0.25) is 5.91 Å². The molecule has 0 atom stereocenters. The molecule has 1 aliphatic heterocycles. The van der Waals surface area contributed by atoms with Gasteiger partial charge in [0.05, 0.1) is 13.0 Å². The fraction of sp³-hybridized carbons (Fsp3) is 0.500. The quantitative estimate of drug-likeness (QED) is 0.463. The van der Waals surface area contributed by atoms with E-state index in [0.717, 1.165) is 68.9 Å². The van der Waals surface area contributed by atoms with E-state index < -0.39 is 0 Å². The van der Waals surface area contributed by atoms with Crippen LogP contribution in [0.3, 0.4) is 0 Å². The predicted octanol–water partition coefficient (Wildman–Crippen LogP) is 5.36. The molecule has 1 heterocycles. The molecule has 1 saturated heterocycles. The molecule has 0 spiro atoms. The van der Waals surface area contributed by atoms with Crippen molar-refractivity contribution in [1.82, 2.24) is 9.80 Å². The van der Waals surface area contributed by atoms with Gasteiger partial charge in [-0.05, 0) is 73.6 Å². The van der Waals surface area contributed by atoms with Gasteiger partial charge in [-0.15, -0.1) is 0 Å². The largest absolute Gasteiger partial charge is 0.496 e. The molecule has 1 aliphatic carbocycles. The molecule has 2 aromatic rings. The molecule has 0 saturated carbocycles. The lowest BCUT2D eigenvalue weighted by Crippen LogP contribution is -2.54. The number of nitrogens with zero attached hydrogens (tertiary/aromatic N) is 2. The van der Waals surface area contributed by atoms with Crippen molar-refractivity contribution in [3.8, 4) is 11.5 Å². The van der Waals surface area contributed by atoms with Crippen molar-refractivity contribution in [3.63, 3.8) is 0 Å². The summed E-state index contributed by atoms with van der Waals surface area (Å²) in [5.41, 5.74) is 7.94. The van der Waals surface area contributed by atoms with Crippen LogP contribution in [0.5, 0.6) is 11.5 Å². The topological polar surface area (TPSA) is 42.0 Å². The Hall–Kier alpha value is -2.79. The molecule has 35 heavy (non-hydrogen) atoms. The Bertz CT molecular complexity index is 1090. The van der Waals surface area contributed by atoms with E-state index in [4.69, 9.17) is 9.47 Å². The van der Waals surface area contributed by atoms with Crippen molar-refractivity contribution in [1.29, 1.82) is 0 Å². The SMILES string of the molecule is CCCc1ccc(COc2ccc3c(c2)CCC(CN2CC(C(=O)N(C)CC)C2)=C3C)c(OC)c1. The summed E-state index contributed by atoms with van der Waals surface area (Å²) in [5, 5.41) is 0. The molecule has 1 fully saturated rings. The minimum Gasteiger partial charge on any atom is -0.496 e. The molecule has 5 nitrogen and oxygen atoms in total. The number of hydrogen-bond donors (Lipinski definition) is 0. The van der Waals surface area contributed by atoms with E-state index in [1.165, 1.54) is 27.8 Å². The predicted molar refractivity (Wildman–Crippen MR) is 142 cm³/mol. The Labute approximate surface area is 210 Å². The van der Waals surface area contributed by atoms with E-state index in [2.05, 4.69) is 55.1 Å². The van der Waals surface area contributed by atoms with Gasteiger partial charge in [0.25, 0.3) is 0 Å². The molecule has 0 bridgehead atoms.